The summed E-state index contributed by atoms with van der Waals surface area (Å²) < 4.78 is 0. The number of benzene rings is 1. The summed E-state index contributed by atoms with van der Waals surface area (Å²) >= 11 is 0. The van der Waals surface area contributed by atoms with Crippen molar-refractivity contribution in [1.82, 2.24) is 5.32 Å². The van der Waals surface area contributed by atoms with Gasteiger partial charge in [0.2, 0.25) is 5.91 Å². The Morgan fingerprint density at radius 2 is 1.95 bits per heavy atom. The van der Waals surface area contributed by atoms with E-state index in [2.05, 4.69) is 5.32 Å². The van der Waals surface area contributed by atoms with Crippen LogP contribution in [0.2, 0.25) is 0 Å². The molecule has 1 aromatic rings. The van der Waals surface area contributed by atoms with Crippen molar-refractivity contribution in [3.8, 4) is 0 Å². The van der Waals surface area contributed by atoms with E-state index < -0.39 is 12.0 Å². The highest BCUT2D eigenvalue weighted by Crippen LogP contribution is 2.33. The molecule has 1 fully saturated rings. The maximum Gasteiger partial charge on any atom is 0.326 e. The molecule has 0 bridgehead atoms. The third-order valence-corrected chi connectivity index (χ3v) is 3.38. The van der Waals surface area contributed by atoms with E-state index in [9.17, 15) is 9.59 Å². The molecule has 0 radical (unpaired) electrons. The summed E-state index contributed by atoms with van der Waals surface area (Å²) in [5.41, 5.74) is 2.04. The Morgan fingerprint density at radius 3 is 2.47 bits per heavy atom. The standard InChI is InChI=1S/C15H19NO3/c1-10-2-4-12(5-3-10)9-14(17)16-13(15(18)19)8-11-6-7-11/h2-5,11,13H,6-9H2,1H3,(H,16,17)(H,18,19). The molecule has 1 saturated carbocycles. The maximum atomic E-state index is 11.8. The number of amides is 1. The first-order valence-corrected chi connectivity index (χ1v) is 6.62. The lowest BCUT2D eigenvalue weighted by molar-refractivity contribution is -0.142. The van der Waals surface area contributed by atoms with Gasteiger partial charge in [-0.15, -0.1) is 0 Å². The molecule has 0 heterocycles. The van der Waals surface area contributed by atoms with Crippen LogP contribution in [0.25, 0.3) is 0 Å². The Balaban J connectivity index is 1.87. The Morgan fingerprint density at radius 1 is 1.32 bits per heavy atom. The molecule has 19 heavy (non-hydrogen) atoms. The van der Waals surface area contributed by atoms with E-state index in [1.54, 1.807) is 0 Å². The monoisotopic (exact) mass is 261 g/mol. The molecular formula is C15H19NO3. The number of hydrogen-bond donors (Lipinski definition) is 2. The number of carboxylic acids is 1. The SMILES string of the molecule is Cc1ccc(CC(=O)NC(CC2CC2)C(=O)O)cc1. The van der Waals surface area contributed by atoms with Gasteiger partial charge in [0.25, 0.3) is 0 Å². The highest BCUT2D eigenvalue weighted by Gasteiger charge is 2.30. The van der Waals surface area contributed by atoms with Crippen molar-refractivity contribution in [3.05, 3.63) is 35.4 Å². The molecule has 1 unspecified atom stereocenters. The summed E-state index contributed by atoms with van der Waals surface area (Å²) in [6, 6.07) is 6.94. The predicted octanol–water partition coefficient (Wildman–Crippen LogP) is 1.91. The lowest BCUT2D eigenvalue weighted by Gasteiger charge is -2.14. The number of rotatable bonds is 6. The summed E-state index contributed by atoms with van der Waals surface area (Å²) in [5.74, 6) is -0.693. The summed E-state index contributed by atoms with van der Waals surface area (Å²) in [6.07, 6.45) is 2.94. The van der Waals surface area contributed by atoms with Crippen LogP contribution in [0.4, 0.5) is 0 Å². The predicted molar refractivity (Wildman–Crippen MR) is 71.8 cm³/mol. The van der Waals surface area contributed by atoms with Crippen molar-refractivity contribution in [3.63, 3.8) is 0 Å². The molecule has 102 valence electrons. The minimum atomic E-state index is -0.941. The second kappa shape index (κ2) is 5.87. The lowest BCUT2D eigenvalue weighted by Crippen LogP contribution is -2.41. The first-order valence-electron chi connectivity index (χ1n) is 6.62. The normalized spacial score (nSPS) is 15.8. The van der Waals surface area contributed by atoms with E-state index in [1.807, 2.05) is 31.2 Å². The molecule has 0 saturated heterocycles. The fourth-order valence-electron chi connectivity index (χ4n) is 2.05. The minimum absolute atomic E-state index is 0.225. The quantitative estimate of drug-likeness (QED) is 0.822. The van der Waals surface area contributed by atoms with Crippen molar-refractivity contribution in [2.75, 3.05) is 0 Å². The van der Waals surface area contributed by atoms with Crippen molar-refractivity contribution in [1.29, 1.82) is 0 Å². The molecular weight excluding hydrogens is 242 g/mol. The van der Waals surface area contributed by atoms with Gasteiger partial charge in [0, 0.05) is 0 Å². The number of aliphatic carboxylic acids is 1. The van der Waals surface area contributed by atoms with Crippen molar-refractivity contribution in [2.45, 2.75) is 38.6 Å². The summed E-state index contributed by atoms with van der Waals surface area (Å²) in [4.78, 5) is 22.9. The Kier molecular flexibility index (Phi) is 4.20. The van der Waals surface area contributed by atoms with Crippen LogP contribution in [-0.4, -0.2) is 23.0 Å². The van der Waals surface area contributed by atoms with Crippen LogP contribution in [0.1, 0.15) is 30.4 Å². The van der Waals surface area contributed by atoms with E-state index in [4.69, 9.17) is 5.11 Å². The molecule has 1 aliphatic rings. The van der Waals surface area contributed by atoms with Crippen LogP contribution >= 0.6 is 0 Å². The molecule has 1 aliphatic carbocycles. The molecule has 2 rings (SSSR count). The van der Waals surface area contributed by atoms with Gasteiger partial charge >= 0.3 is 5.97 Å². The zero-order chi connectivity index (χ0) is 13.8. The Bertz CT molecular complexity index is 463. The first kappa shape index (κ1) is 13.6. The van der Waals surface area contributed by atoms with E-state index in [-0.39, 0.29) is 12.3 Å². The summed E-state index contributed by atoms with van der Waals surface area (Å²) in [5, 5.41) is 11.7. The van der Waals surface area contributed by atoms with Crippen LogP contribution in [0, 0.1) is 12.8 Å². The largest absolute Gasteiger partial charge is 0.480 e. The van der Waals surface area contributed by atoms with Crippen LogP contribution in [0.3, 0.4) is 0 Å². The molecule has 1 aromatic carbocycles. The number of aryl methyl sites for hydroxylation is 1. The molecule has 4 heteroatoms. The van der Waals surface area contributed by atoms with Crippen molar-refractivity contribution in [2.24, 2.45) is 5.92 Å². The molecule has 0 spiro atoms. The molecule has 2 N–H and O–H groups in total. The van der Waals surface area contributed by atoms with Crippen molar-refractivity contribution < 1.29 is 14.7 Å². The fraction of sp³-hybridized carbons (Fsp3) is 0.467. The van der Waals surface area contributed by atoms with Gasteiger partial charge in [0.1, 0.15) is 6.04 Å². The van der Waals surface area contributed by atoms with E-state index >= 15 is 0 Å². The van der Waals surface area contributed by atoms with E-state index in [1.165, 1.54) is 0 Å². The second-order valence-electron chi connectivity index (χ2n) is 5.30. The molecule has 1 atom stereocenters. The van der Waals surface area contributed by atoms with Crippen LogP contribution in [0.15, 0.2) is 24.3 Å². The first-order chi connectivity index (χ1) is 9.04. The maximum absolute atomic E-state index is 11.8. The van der Waals surface area contributed by atoms with Crippen LogP contribution in [0.5, 0.6) is 0 Å². The van der Waals surface area contributed by atoms with Crippen LogP contribution in [-0.2, 0) is 16.0 Å². The summed E-state index contributed by atoms with van der Waals surface area (Å²) in [7, 11) is 0. The Labute approximate surface area is 112 Å². The Hall–Kier alpha value is -1.84. The van der Waals surface area contributed by atoms with Gasteiger partial charge in [0.05, 0.1) is 6.42 Å². The number of carboxylic acid groups (broad SMARTS) is 1. The number of carbonyl (C=O) groups is 2. The highest BCUT2D eigenvalue weighted by molar-refractivity contribution is 5.84. The lowest BCUT2D eigenvalue weighted by atomic mass is 10.1. The van der Waals surface area contributed by atoms with Gasteiger partial charge in [0.15, 0.2) is 0 Å². The smallest absolute Gasteiger partial charge is 0.326 e. The van der Waals surface area contributed by atoms with Gasteiger partial charge in [-0.05, 0) is 24.8 Å². The van der Waals surface area contributed by atoms with Gasteiger partial charge in [-0.3, -0.25) is 4.79 Å². The highest BCUT2D eigenvalue weighted by atomic mass is 16.4. The minimum Gasteiger partial charge on any atom is -0.480 e. The number of hydrogen-bond acceptors (Lipinski definition) is 2. The molecule has 0 aromatic heterocycles. The molecule has 0 aliphatic heterocycles. The number of carbonyl (C=O) groups excluding carboxylic acids is 1. The average molecular weight is 261 g/mol. The third kappa shape index (κ3) is 4.39. The van der Waals surface area contributed by atoms with Gasteiger partial charge < -0.3 is 10.4 Å². The molecule has 4 nitrogen and oxygen atoms in total. The average Bonchev–Trinajstić information content (AvgIpc) is 3.15. The fourth-order valence-corrected chi connectivity index (χ4v) is 2.05. The second-order valence-corrected chi connectivity index (χ2v) is 5.30. The third-order valence-electron chi connectivity index (χ3n) is 3.38. The van der Waals surface area contributed by atoms with Crippen molar-refractivity contribution >= 4 is 11.9 Å². The van der Waals surface area contributed by atoms with Gasteiger partial charge in [-0.25, -0.2) is 4.79 Å². The van der Waals surface area contributed by atoms with E-state index in [0.29, 0.717) is 12.3 Å². The molecule has 1 amide bonds. The zero-order valence-electron chi connectivity index (χ0n) is 11.1. The van der Waals surface area contributed by atoms with Gasteiger partial charge in [-0.2, -0.15) is 0 Å². The van der Waals surface area contributed by atoms with E-state index in [0.717, 1.165) is 24.0 Å². The summed E-state index contributed by atoms with van der Waals surface area (Å²) in [6.45, 7) is 1.99. The van der Waals surface area contributed by atoms with Gasteiger partial charge in [-0.1, -0.05) is 42.7 Å². The topological polar surface area (TPSA) is 66.4 Å². The number of nitrogens with one attached hydrogen (secondary N) is 1. The van der Waals surface area contributed by atoms with Crippen LogP contribution < -0.4 is 5.32 Å². The zero-order valence-corrected chi connectivity index (χ0v) is 11.1.